The molecule has 4 rings (SSSR count). The smallest absolute Gasteiger partial charge is 0.130 e. The molecule has 0 aliphatic rings. The van der Waals surface area contributed by atoms with Crippen LogP contribution in [0.4, 0.5) is 0 Å². The molecule has 0 fully saturated rings. The molecule has 0 unspecified atom stereocenters. The van der Waals surface area contributed by atoms with Crippen LogP contribution < -0.4 is 4.74 Å². The second kappa shape index (κ2) is 7.04. The lowest BCUT2D eigenvalue weighted by atomic mass is 10.2. The Labute approximate surface area is 159 Å². The van der Waals surface area contributed by atoms with Crippen molar-refractivity contribution in [3.63, 3.8) is 0 Å². The molecule has 0 aliphatic carbocycles. The third kappa shape index (κ3) is 3.49. The lowest BCUT2D eigenvalue weighted by Crippen LogP contribution is -1.97. The number of rotatable bonds is 4. The monoisotopic (exact) mass is 385 g/mol. The van der Waals surface area contributed by atoms with E-state index in [4.69, 9.17) is 32.9 Å². The normalized spacial score (nSPS) is 11.0. The number of hydrogen-bond acceptors (Lipinski definition) is 3. The maximum Gasteiger partial charge on any atom is 0.130 e. The number of benzene rings is 3. The molecule has 0 spiro atoms. The molecule has 2 nitrogen and oxygen atoms in total. The molecule has 3 aromatic carbocycles. The summed E-state index contributed by atoms with van der Waals surface area (Å²) in [5, 5.41) is 2.16. The molecule has 124 valence electrons. The highest BCUT2D eigenvalue weighted by atomic mass is 35.5. The Morgan fingerprint density at radius 2 is 1.72 bits per heavy atom. The van der Waals surface area contributed by atoms with Gasteiger partial charge in [-0.25, -0.2) is 4.98 Å². The average Bonchev–Trinajstić information content (AvgIpc) is 3.05. The molecule has 0 radical (unpaired) electrons. The van der Waals surface area contributed by atoms with Gasteiger partial charge < -0.3 is 4.74 Å². The minimum absolute atomic E-state index is 0.373. The summed E-state index contributed by atoms with van der Waals surface area (Å²) < 4.78 is 7.19. The van der Waals surface area contributed by atoms with E-state index in [2.05, 4.69) is 6.07 Å². The molecule has 25 heavy (non-hydrogen) atoms. The first-order valence-electron chi connectivity index (χ1n) is 7.72. The van der Waals surface area contributed by atoms with Crippen molar-refractivity contribution in [3.8, 4) is 16.3 Å². The van der Waals surface area contributed by atoms with Gasteiger partial charge in [0.15, 0.2) is 0 Å². The molecule has 0 aliphatic heterocycles. The summed E-state index contributed by atoms with van der Waals surface area (Å²) in [5.41, 5.74) is 2.87. The first-order valence-corrected chi connectivity index (χ1v) is 9.29. The molecule has 0 saturated heterocycles. The number of nitrogens with zero attached hydrogens (tertiary/aromatic N) is 1. The highest BCUT2D eigenvalue weighted by Crippen LogP contribution is 2.36. The van der Waals surface area contributed by atoms with Crippen LogP contribution >= 0.6 is 34.5 Å². The van der Waals surface area contributed by atoms with Gasteiger partial charge in [0.2, 0.25) is 0 Å². The predicted octanol–water partition coefficient (Wildman–Crippen LogP) is 6.85. The zero-order valence-corrected chi connectivity index (χ0v) is 15.4. The van der Waals surface area contributed by atoms with Gasteiger partial charge in [0.05, 0.1) is 15.8 Å². The number of hydrogen-bond donors (Lipinski definition) is 0. The summed E-state index contributed by atoms with van der Waals surface area (Å²) in [7, 11) is 0. The summed E-state index contributed by atoms with van der Waals surface area (Å²) in [6.45, 7) is 0.373. The molecule has 4 aromatic rings. The topological polar surface area (TPSA) is 22.1 Å². The zero-order valence-electron chi connectivity index (χ0n) is 13.1. The predicted molar refractivity (Wildman–Crippen MR) is 106 cm³/mol. The Morgan fingerprint density at radius 1 is 0.920 bits per heavy atom. The Balaban J connectivity index is 1.64. The van der Waals surface area contributed by atoms with E-state index in [1.807, 2.05) is 54.6 Å². The van der Waals surface area contributed by atoms with Crippen molar-refractivity contribution in [2.45, 2.75) is 6.61 Å². The molecule has 0 N–H and O–H groups in total. The van der Waals surface area contributed by atoms with Gasteiger partial charge in [-0.3, -0.25) is 0 Å². The first-order chi connectivity index (χ1) is 12.2. The quantitative estimate of drug-likeness (QED) is 0.383. The number of para-hydroxylation sites is 2. The lowest BCUT2D eigenvalue weighted by Gasteiger charge is -2.11. The largest absolute Gasteiger partial charge is 0.488 e. The van der Waals surface area contributed by atoms with E-state index in [1.165, 1.54) is 0 Å². The van der Waals surface area contributed by atoms with Crippen LogP contribution in [0.3, 0.4) is 0 Å². The molecule has 1 heterocycles. The lowest BCUT2D eigenvalue weighted by molar-refractivity contribution is 0.307. The van der Waals surface area contributed by atoms with Crippen molar-refractivity contribution >= 4 is 44.8 Å². The maximum atomic E-state index is 6.23. The van der Waals surface area contributed by atoms with Gasteiger partial charge in [0.1, 0.15) is 17.4 Å². The van der Waals surface area contributed by atoms with Crippen LogP contribution in [0.15, 0.2) is 66.7 Å². The molecular weight excluding hydrogens is 373 g/mol. The van der Waals surface area contributed by atoms with Crippen LogP contribution in [-0.4, -0.2) is 4.98 Å². The van der Waals surface area contributed by atoms with Crippen LogP contribution in [0.2, 0.25) is 10.0 Å². The van der Waals surface area contributed by atoms with Crippen LogP contribution in [-0.2, 0) is 6.61 Å². The van der Waals surface area contributed by atoms with Crippen LogP contribution in [0.25, 0.3) is 20.8 Å². The molecule has 0 amide bonds. The Morgan fingerprint density at radius 3 is 2.56 bits per heavy atom. The standard InChI is InChI=1S/C20H13Cl2NOS/c21-14-10-9-13(16(22)11-14)12-24-18-7-3-1-5-15(18)20-23-17-6-2-4-8-19(17)25-20/h1-11H,12H2. The second-order valence-electron chi connectivity index (χ2n) is 5.51. The van der Waals surface area contributed by atoms with Gasteiger partial charge in [0, 0.05) is 15.6 Å². The van der Waals surface area contributed by atoms with Crippen molar-refractivity contribution in [3.05, 3.63) is 82.3 Å². The Hall–Kier alpha value is -2.07. The number of halogens is 2. The van der Waals surface area contributed by atoms with Gasteiger partial charge in [-0.1, -0.05) is 53.5 Å². The molecular formula is C20H13Cl2NOS. The van der Waals surface area contributed by atoms with Gasteiger partial charge in [-0.15, -0.1) is 11.3 Å². The summed E-state index contributed by atoms with van der Waals surface area (Å²) >= 11 is 13.8. The van der Waals surface area contributed by atoms with E-state index in [1.54, 1.807) is 17.4 Å². The van der Waals surface area contributed by atoms with Crippen molar-refractivity contribution < 1.29 is 4.74 Å². The van der Waals surface area contributed by atoms with E-state index < -0.39 is 0 Å². The molecule has 5 heteroatoms. The Bertz CT molecular complexity index is 1010. The number of ether oxygens (including phenoxy) is 1. The summed E-state index contributed by atoms with van der Waals surface area (Å²) in [6, 6.07) is 21.4. The number of aromatic nitrogens is 1. The summed E-state index contributed by atoms with van der Waals surface area (Å²) in [5.74, 6) is 0.785. The summed E-state index contributed by atoms with van der Waals surface area (Å²) in [6.07, 6.45) is 0. The van der Waals surface area contributed by atoms with E-state index in [9.17, 15) is 0 Å². The average molecular weight is 386 g/mol. The van der Waals surface area contributed by atoms with E-state index in [0.717, 1.165) is 32.1 Å². The minimum Gasteiger partial charge on any atom is -0.488 e. The molecule has 0 bridgehead atoms. The van der Waals surface area contributed by atoms with Crippen LogP contribution in [0.1, 0.15) is 5.56 Å². The van der Waals surface area contributed by atoms with Crippen molar-refractivity contribution in [1.82, 2.24) is 4.98 Å². The highest BCUT2D eigenvalue weighted by Gasteiger charge is 2.12. The number of fused-ring (bicyclic) bond motifs is 1. The maximum absolute atomic E-state index is 6.23. The van der Waals surface area contributed by atoms with Gasteiger partial charge in [-0.2, -0.15) is 0 Å². The third-order valence-corrected chi connectivity index (χ3v) is 5.47. The van der Waals surface area contributed by atoms with Crippen molar-refractivity contribution in [2.75, 3.05) is 0 Å². The first kappa shape index (κ1) is 16.4. The molecule has 0 atom stereocenters. The van der Waals surface area contributed by atoms with Crippen molar-refractivity contribution in [1.29, 1.82) is 0 Å². The van der Waals surface area contributed by atoms with E-state index in [0.29, 0.717) is 16.7 Å². The minimum atomic E-state index is 0.373. The SMILES string of the molecule is Clc1ccc(COc2ccccc2-c2nc3ccccc3s2)c(Cl)c1. The van der Waals surface area contributed by atoms with Gasteiger partial charge >= 0.3 is 0 Å². The second-order valence-corrected chi connectivity index (χ2v) is 7.38. The molecule has 1 aromatic heterocycles. The fourth-order valence-corrected chi connectivity index (χ4v) is 4.01. The van der Waals surface area contributed by atoms with Gasteiger partial charge in [0.25, 0.3) is 0 Å². The van der Waals surface area contributed by atoms with Crippen molar-refractivity contribution in [2.24, 2.45) is 0 Å². The van der Waals surface area contributed by atoms with Gasteiger partial charge in [-0.05, 0) is 36.4 Å². The van der Waals surface area contributed by atoms with Crippen LogP contribution in [0, 0.1) is 0 Å². The number of thiazole rings is 1. The molecule has 0 saturated carbocycles. The Kier molecular flexibility index (Phi) is 4.62. The fourth-order valence-electron chi connectivity index (χ4n) is 2.55. The van der Waals surface area contributed by atoms with E-state index >= 15 is 0 Å². The fraction of sp³-hybridized carbons (Fsp3) is 0.0500. The highest BCUT2D eigenvalue weighted by molar-refractivity contribution is 7.21. The van der Waals surface area contributed by atoms with E-state index in [-0.39, 0.29) is 0 Å². The van der Waals surface area contributed by atoms with Crippen LogP contribution in [0.5, 0.6) is 5.75 Å². The summed E-state index contributed by atoms with van der Waals surface area (Å²) in [4.78, 5) is 4.72. The zero-order chi connectivity index (χ0) is 17.2. The third-order valence-electron chi connectivity index (χ3n) is 3.81.